The number of esters is 1. The second kappa shape index (κ2) is 12.7. The molecular formula is C23H27N3O7S. The molecule has 2 N–H and O–H groups in total. The minimum absolute atomic E-state index is 0.0787. The number of ether oxygens (including phenoxy) is 1. The molecule has 1 aromatic carbocycles. The normalized spacial score (nSPS) is 15.4. The zero-order valence-electron chi connectivity index (χ0n) is 19.2. The predicted molar refractivity (Wildman–Crippen MR) is 126 cm³/mol. The van der Waals surface area contributed by atoms with Crippen molar-refractivity contribution in [2.75, 3.05) is 20.3 Å². The summed E-state index contributed by atoms with van der Waals surface area (Å²) in [7, 11) is 1.26. The topological polar surface area (TPSA) is 131 Å². The van der Waals surface area contributed by atoms with Gasteiger partial charge in [0.2, 0.25) is 0 Å². The van der Waals surface area contributed by atoms with Crippen LogP contribution in [-0.4, -0.2) is 60.1 Å². The van der Waals surface area contributed by atoms with Gasteiger partial charge in [-0.2, -0.15) is 0 Å². The Hall–Kier alpha value is -3.44. The van der Waals surface area contributed by atoms with E-state index in [-0.39, 0.29) is 23.0 Å². The maximum atomic E-state index is 12.7. The molecule has 1 heterocycles. The molecule has 0 bridgehead atoms. The third kappa shape index (κ3) is 7.56. The number of hydrogen-bond donors (Lipinski definition) is 2. The molecule has 0 aliphatic carbocycles. The fraction of sp³-hybridized carbons (Fsp3) is 0.348. The molecule has 1 atom stereocenters. The molecule has 10 nitrogen and oxygen atoms in total. The standard InChI is InChI=1S/C23H27N3O7S/c1-5-9-33-25-19(27)13-26-21(29)18(34-23(26)31)12-15-7-6-8-16(11-15)20(28)24-17(10-14(2)3)22(30)32-4/h5-8,11-12,14,17H,1,9-10,13H2,2-4H3,(H,24,28)(H,25,27)/b18-12-/t17-/m0/s1. The molecule has 34 heavy (non-hydrogen) atoms. The van der Waals surface area contributed by atoms with Gasteiger partial charge in [0.25, 0.3) is 23.0 Å². The van der Waals surface area contributed by atoms with Gasteiger partial charge in [-0.3, -0.25) is 28.9 Å². The van der Waals surface area contributed by atoms with Crippen molar-refractivity contribution in [2.45, 2.75) is 26.3 Å². The lowest BCUT2D eigenvalue weighted by Crippen LogP contribution is -2.42. The van der Waals surface area contributed by atoms with Crippen LogP contribution in [0.2, 0.25) is 0 Å². The van der Waals surface area contributed by atoms with Crippen LogP contribution in [0.1, 0.15) is 36.2 Å². The van der Waals surface area contributed by atoms with Crippen molar-refractivity contribution in [3.8, 4) is 0 Å². The Kier molecular flexibility index (Phi) is 10.0. The van der Waals surface area contributed by atoms with Crippen molar-refractivity contribution >= 4 is 46.8 Å². The number of rotatable bonds is 11. The maximum Gasteiger partial charge on any atom is 0.328 e. The van der Waals surface area contributed by atoms with Crippen molar-refractivity contribution in [1.82, 2.24) is 15.7 Å². The molecule has 1 aromatic rings. The zero-order valence-corrected chi connectivity index (χ0v) is 20.0. The van der Waals surface area contributed by atoms with Gasteiger partial charge in [0, 0.05) is 5.56 Å². The Morgan fingerprint density at radius 2 is 1.97 bits per heavy atom. The summed E-state index contributed by atoms with van der Waals surface area (Å²) in [5, 5.41) is 2.07. The number of nitrogens with one attached hydrogen (secondary N) is 2. The third-order valence-electron chi connectivity index (χ3n) is 4.51. The van der Waals surface area contributed by atoms with Gasteiger partial charge in [0.1, 0.15) is 12.6 Å². The fourth-order valence-electron chi connectivity index (χ4n) is 2.98. The molecule has 1 saturated heterocycles. The second-order valence-electron chi connectivity index (χ2n) is 7.70. The van der Waals surface area contributed by atoms with Crippen LogP contribution in [0.3, 0.4) is 0 Å². The van der Waals surface area contributed by atoms with Crippen LogP contribution >= 0.6 is 11.8 Å². The lowest BCUT2D eigenvalue weighted by Gasteiger charge is -2.18. The molecule has 0 radical (unpaired) electrons. The van der Waals surface area contributed by atoms with Crippen LogP contribution < -0.4 is 10.8 Å². The summed E-state index contributed by atoms with van der Waals surface area (Å²) < 4.78 is 4.77. The van der Waals surface area contributed by atoms with Crippen LogP contribution in [0.4, 0.5) is 4.79 Å². The minimum atomic E-state index is -0.792. The van der Waals surface area contributed by atoms with Gasteiger partial charge in [-0.15, -0.1) is 6.58 Å². The highest BCUT2D eigenvalue weighted by molar-refractivity contribution is 8.18. The summed E-state index contributed by atoms with van der Waals surface area (Å²) in [6.45, 7) is 6.87. The summed E-state index contributed by atoms with van der Waals surface area (Å²) in [6, 6.07) is 5.58. The Balaban J connectivity index is 2.12. The van der Waals surface area contributed by atoms with Crippen molar-refractivity contribution in [3.63, 3.8) is 0 Å². The van der Waals surface area contributed by atoms with Gasteiger partial charge in [0.15, 0.2) is 0 Å². The fourth-order valence-corrected chi connectivity index (χ4v) is 3.82. The predicted octanol–water partition coefficient (Wildman–Crippen LogP) is 2.27. The molecule has 0 aromatic heterocycles. The zero-order chi connectivity index (χ0) is 25.3. The van der Waals surface area contributed by atoms with Gasteiger partial charge in [-0.05, 0) is 47.9 Å². The first-order chi connectivity index (χ1) is 16.2. The Morgan fingerprint density at radius 1 is 1.24 bits per heavy atom. The van der Waals surface area contributed by atoms with E-state index in [9.17, 15) is 24.0 Å². The van der Waals surface area contributed by atoms with Crippen molar-refractivity contribution in [1.29, 1.82) is 0 Å². The van der Waals surface area contributed by atoms with E-state index in [4.69, 9.17) is 9.57 Å². The molecule has 1 fully saturated rings. The van der Waals surface area contributed by atoms with Crippen molar-refractivity contribution in [2.24, 2.45) is 5.92 Å². The summed E-state index contributed by atoms with van der Waals surface area (Å²) in [6.07, 6.45) is 3.30. The van der Waals surface area contributed by atoms with Crippen LogP contribution in [-0.2, 0) is 24.0 Å². The van der Waals surface area contributed by atoms with E-state index in [2.05, 4.69) is 17.4 Å². The first-order valence-electron chi connectivity index (χ1n) is 10.4. The summed E-state index contributed by atoms with van der Waals surface area (Å²) in [5.41, 5.74) is 2.88. The molecule has 1 aliphatic heterocycles. The van der Waals surface area contributed by atoms with E-state index in [1.54, 1.807) is 18.2 Å². The molecule has 11 heteroatoms. The van der Waals surface area contributed by atoms with E-state index in [1.165, 1.54) is 25.3 Å². The average Bonchev–Trinajstić information content (AvgIpc) is 3.05. The van der Waals surface area contributed by atoms with E-state index >= 15 is 0 Å². The van der Waals surface area contributed by atoms with Gasteiger partial charge >= 0.3 is 5.97 Å². The third-order valence-corrected chi connectivity index (χ3v) is 5.41. The monoisotopic (exact) mass is 489 g/mol. The Bertz CT molecular complexity index is 1010. The molecular weight excluding hydrogens is 462 g/mol. The van der Waals surface area contributed by atoms with Crippen LogP contribution in [0.5, 0.6) is 0 Å². The van der Waals surface area contributed by atoms with Gasteiger partial charge < -0.3 is 10.1 Å². The molecule has 4 amide bonds. The molecule has 182 valence electrons. The number of hydrogen-bond acceptors (Lipinski definition) is 8. The number of imide groups is 1. The number of carbonyl (C=O) groups excluding carboxylic acids is 5. The number of amides is 4. The smallest absolute Gasteiger partial charge is 0.328 e. The maximum absolute atomic E-state index is 12.7. The number of thioether (sulfide) groups is 1. The number of methoxy groups -OCH3 is 1. The van der Waals surface area contributed by atoms with E-state index < -0.39 is 41.5 Å². The lowest BCUT2D eigenvalue weighted by atomic mass is 10.0. The number of carbonyl (C=O) groups is 5. The van der Waals surface area contributed by atoms with E-state index in [0.717, 1.165) is 4.90 Å². The summed E-state index contributed by atoms with van der Waals surface area (Å²) in [4.78, 5) is 67.1. The molecule has 0 spiro atoms. The molecule has 2 rings (SSSR count). The van der Waals surface area contributed by atoms with Gasteiger partial charge in [0.05, 0.1) is 18.6 Å². The molecule has 1 aliphatic rings. The first-order valence-corrected chi connectivity index (χ1v) is 11.2. The van der Waals surface area contributed by atoms with E-state index in [1.807, 2.05) is 13.8 Å². The lowest BCUT2D eigenvalue weighted by molar-refractivity contribution is -0.143. The highest BCUT2D eigenvalue weighted by atomic mass is 32.2. The molecule has 0 unspecified atom stereocenters. The highest BCUT2D eigenvalue weighted by Gasteiger charge is 2.36. The minimum Gasteiger partial charge on any atom is -0.467 e. The SMILES string of the molecule is C=CCONC(=O)CN1C(=O)S/C(=C\c2cccc(C(=O)N[C@@H](CC(C)C)C(=O)OC)c2)C1=O. The van der Waals surface area contributed by atoms with Crippen molar-refractivity contribution < 1.29 is 33.5 Å². The van der Waals surface area contributed by atoms with Crippen molar-refractivity contribution in [3.05, 3.63) is 53.0 Å². The summed E-state index contributed by atoms with van der Waals surface area (Å²) in [5.74, 6) is -2.15. The number of benzene rings is 1. The van der Waals surface area contributed by atoms with Crippen LogP contribution in [0, 0.1) is 5.92 Å². The van der Waals surface area contributed by atoms with Gasteiger partial charge in [-0.25, -0.2) is 10.3 Å². The summed E-state index contributed by atoms with van der Waals surface area (Å²) >= 11 is 0.685. The van der Waals surface area contributed by atoms with Gasteiger partial charge in [-0.1, -0.05) is 32.1 Å². The quantitative estimate of drug-likeness (QED) is 0.159. The Labute approximate surface area is 201 Å². The number of hydroxylamine groups is 1. The Morgan fingerprint density at radius 3 is 2.62 bits per heavy atom. The largest absolute Gasteiger partial charge is 0.467 e. The highest BCUT2D eigenvalue weighted by Crippen LogP contribution is 2.32. The first kappa shape index (κ1) is 26.8. The average molecular weight is 490 g/mol. The number of nitrogens with zero attached hydrogens (tertiary/aromatic N) is 1. The van der Waals surface area contributed by atoms with Crippen LogP contribution in [0.25, 0.3) is 6.08 Å². The molecule has 0 saturated carbocycles. The van der Waals surface area contributed by atoms with E-state index in [0.29, 0.717) is 23.7 Å². The van der Waals surface area contributed by atoms with Crippen LogP contribution in [0.15, 0.2) is 41.8 Å². The second-order valence-corrected chi connectivity index (χ2v) is 8.69.